The van der Waals surface area contributed by atoms with Crippen LogP contribution >= 0.6 is 0 Å². The van der Waals surface area contributed by atoms with E-state index in [4.69, 9.17) is 10.1 Å². The summed E-state index contributed by atoms with van der Waals surface area (Å²) in [5, 5.41) is 17.7. The fraction of sp³-hybridized carbons (Fsp3) is 0.423. The number of aliphatic carboxylic acids is 1. The zero-order valence-electron chi connectivity index (χ0n) is 20.2. The van der Waals surface area contributed by atoms with E-state index >= 15 is 0 Å². The first kappa shape index (κ1) is 23.6. The molecular formula is C26H32N4O4. The molecule has 1 aromatic heterocycles. The van der Waals surface area contributed by atoms with Crippen LogP contribution in [0.5, 0.6) is 5.75 Å². The maximum absolute atomic E-state index is 13.6. The van der Waals surface area contributed by atoms with Crippen LogP contribution in [0.25, 0.3) is 11.0 Å². The predicted octanol–water partition coefficient (Wildman–Crippen LogP) is 3.70. The standard InChI is InChI=1S/C26H32N4O4/c1-26(2,3)18-13-17(14-21(29-11-7-8-12-29)24(18)34-16-23(32)33)22(31)15-30-20-10-6-5-9-19(20)28(4)25(30)27/h5-6,9-10,13-14,27H,7-8,11-12,15-16H2,1-4H3,(H,32,33). The van der Waals surface area contributed by atoms with Crippen molar-refractivity contribution in [3.8, 4) is 5.75 Å². The molecule has 8 nitrogen and oxygen atoms in total. The highest BCUT2D eigenvalue weighted by molar-refractivity contribution is 5.98. The second-order valence-electron chi connectivity index (χ2n) is 9.88. The highest BCUT2D eigenvalue weighted by Gasteiger charge is 2.28. The van der Waals surface area contributed by atoms with Gasteiger partial charge in [-0.2, -0.15) is 0 Å². The molecule has 1 aliphatic heterocycles. The number of nitrogens with one attached hydrogen (secondary N) is 1. The van der Waals surface area contributed by atoms with E-state index in [1.807, 2.05) is 64.2 Å². The lowest BCUT2D eigenvalue weighted by atomic mass is 9.84. The Morgan fingerprint density at radius 1 is 1.09 bits per heavy atom. The fourth-order valence-electron chi connectivity index (χ4n) is 4.59. The Labute approximate surface area is 198 Å². The minimum atomic E-state index is -1.04. The van der Waals surface area contributed by atoms with Gasteiger partial charge in [0.1, 0.15) is 5.75 Å². The maximum atomic E-state index is 13.6. The molecule has 3 aromatic rings. The molecule has 180 valence electrons. The van der Waals surface area contributed by atoms with E-state index in [2.05, 4.69) is 4.90 Å². The highest BCUT2D eigenvalue weighted by atomic mass is 16.5. The number of carbonyl (C=O) groups is 2. The van der Waals surface area contributed by atoms with E-state index in [0.29, 0.717) is 11.3 Å². The number of benzene rings is 2. The third-order valence-corrected chi connectivity index (χ3v) is 6.40. The molecule has 1 aliphatic rings. The first-order chi connectivity index (χ1) is 16.1. The molecule has 2 heterocycles. The molecule has 4 rings (SSSR count). The SMILES string of the molecule is Cn1c(=N)n(CC(=O)c2cc(N3CCCC3)c(OCC(=O)O)c(C(C)(C)C)c2)c2ccccc21. The van der Waals surface area contributed by atoms with Crippen molar-refractivity contribution in [3.05, 3.63) is 53.1 Å². The Morgan fingerprint density at radius 3 is 2.35 bits per heavy atom. The van der Waals surface area contributed by atoms with Gasteiger partial charge in [-0.1, -0.05) is 32.9 Å². The molecular weight excluding hydrogens is 432 g/mol. The van der Waals surface area contributed by atoms with Gasteiger partial charge in [0.05, 0.1) is 23.3 Å². The van der Waals surface area contributed by atoms with Gasteiger partial charge in [0.15, 0.2) is 12.4 Å². The van der Waals surface area contributed by atoms with Gasteiger partial charge >= 0.3 is 5.97 Å². The van der Waals surface area contributed by atoms with Crippen LogP contribution in [0.2, 0.25) is 0 Å². The number of carboxylic acids is 1. The van der Waals surface area contributed by atoms with E-state index in [9.17, 15) is 14.7 Å². The minimum absolute atomic E-state index is 0.0402. The number of Topliss-reactive ketones (excluding diaryl/α,β-unsaturated/α-hetero) is 1. The normalized spacial score (nSPS) is 14.1. The molecule has 2 aromatic carbocycles. The Morgan fingerprint density at radius 2 is 1.74 bits per heavy atom. The number of imidazole rings is 1. The average Bonchev–Trinajstić information content (AvgIpc) is 3.40. The summed E-state index contributed by atoms with van der Waals surface area (Å²) >= 11 is 0. The number of para-hydroxylation sites is 2. The van der Waals surface area contributed by atoms with E-state index < -0.39 is 12.6 Å². The summed E-state index contributed by atoms with van der Waals surface area (Å²) in [6.45, 7) is 7.35. The van der Waals surface area contributed by atoms with E-state index in [1.54, 1.807) is 9.13 Å². The second kappa shape index (κ2) is 9.00. The Hall–Kier alpha value is -3.55. The van der Waals surface area contributed by atoms with Crippen LogP contribution in [0.1, 0.15) is 49.5 Å². The smallest absolute Gasteiger partial charge is 0.341 e. The van der Waals surface area contributed by atoms with Gasteiger partial charge in [-0.15, -0.1) is 0 Å². The number of ketones is 1. The summed E-state index contributed by atoms with van der Waals surface area (Å²) in [5.74, 6) is -0.611. The number of aromatic nitrogens is 2. The van der Waals surface area contributed by atoms with Gasteiger partial charge < -0.3 is 23.9 Å². The number of hydrogen-bond donors (Lipinski definition) is 2. The maximum Gasteiger partial charge on any atom is 0.341 e. The summed E-state index contributed by atoms with van der Waals surface area (Å²) in [5.41, 5.74) is 3.72. The molecule has 0 amide bonds. The molecule has 0 aliphatic carbocycles. The van der Waals surface area contributed by atoms with E-state index in [1.165, 1.54) is 0 Å². The lowest BCUT2D eigenvalue weighted by Crippen LogP contribution is -2.27. The van der Waals surface area contributed by atoms with Crippen molar-refractivity contribution in [2.24, 2.45) is 7.05 Å². The number of anilines is 1. The summed E-state index contributed by atoms with van der Waals surface area (Å²) < 4.78 is 9.30. The first-order valence-corrected chi connectivity index (χ1v) is 11.6. The predicted molar refractivity (Wildman–Crippen MR) is 131 cm³/mol. The zero-order chi connectivity index (χ0) is 24.6. The van der Waals surface area contributed by atoms with Crippen LogP contribution in [0.4, 0.5) is 5.69 Å². The van der Waals surface area contributed by atoms with Crippen molar-refractivity contribution in [2.75, 3.05) is 24.6 Å². The van der Waals surface area contributed by atoms with Crippen molar-refractivity contribution in [2.45, 2.75) is 45.6 Å². The highest BCUT2D eigenvalue weighted by Crippen LogP contribution is 2.41. The lowest BCUT2D eigenvalue weighted by Gasteiger charge is -2.29. The molecule has 2 N–H and O–H groups in total. The van der Waals surface area contributed by atoms with Crippen molar-refractivity contribution >= 4 is 28.5 Å². The molecule has 1 fully saturated rings. The largest absolute Gasteiger partial charge is 0.479 e. The van der Waals surface area contributed by atoms with Crippen LogP contribution in [0, 0.1) is 5.41 Å². The molecule has 0 unspecified atom stereocenters. The number of rotatable bonds is 7. The number of aryl methyl sites for hydroxylation is 1. The van der Waals surface area contributed by atoms with Gasteiger partial charge in [-0.3, -0.25) is 10.2 Å². The summed E-state index contributed by atoms with van der Waals surface area (Å²) in [4.78, 5) is 27.0. The molecule has 0 spiro atoms. The topological polar surface area (TPSA) is 101 Å². The number of carbonyl (C=O) groups excluding carboxylic acids is 1. The van der Waals surface area contributed by atoms with Crippen LogP contribution in [-0.2, 0) is 23.8 Å². The van der Waals surface area contributed by atoms with Gasteiger partial charge in [0, 0.05) is 31.3 Å². The lowest BCUT2D eigenvalue weighted by molar-refractivity contribution is -0.139. The van der Waals surface area contributed by atoms with Gasteiger partial charge in [0.2, 0.25) is 5.62 Å². The Kier molecular flexibility index (Phi) is 6.25. The van der Waals surface area contributed by atoms with Crippen LogP contribution < -0.4 is 15.3 Å². The minimum Gasteiger partial charge on any atom is -0.479 e. The molecule has 1 saturated heterocycles. The monoisotopic (exact) mass is 464 g/mol. The van der Waals surface area contributed by atoms with E-state index in [0.717, 1.165) is 48.2 Å². The number of ether oxygens (including phenoxy) is 1. The van der Waals surface area contributed by atoms with Gasteiger partial charge in [-0.05, 0) is 42.5 Å². The fourth-order valence-corrected chi connectivity index (χ4v) is 4.59. The Balaban J connectivity index is 1.81. The first-order valence-electron chi connectivity index (χ1n) is 11.6. The number of fused-ring (bicyclic) bond motifs is 1. The van der Waals surface area contributed by atoms with Gasteiger partial charge in [-0.25, -0.2) is 4.79 Å². The molecule has 0 atom stereocenters. The van der Waals surface area contributed by atoms with Crippen molar-refractivity contribution in [1.29, 1.82) is 5.41 Å². The number of nitrogens with zero attached hydrogens (tertiary/aromatic N) is 3. The number of hydrogen-bond acceptors (Lipinski definition) is 5. The van der Waals surface area contributed by atoms with Crippen LogP contribution in [0.15, 0.2) is 36.4 Å². The third kappa shape index (κ3) is 4.44. The molecule has 34 heavy (non-hydrogen) atoms. The molecule has 8 heteroatoms. The van der Waals surface area contributed by atoms with Crippen molar-refractivity contribution in [1.82, 2.24) is 9.13 Å². The summed E-state index contributed by atoms with van der Waals surface area (Å²) in [6.07, 6.45) is 2.07. The summed E-state index contributed by atoms with van der Waals surface area (Å²) in [6, 6.07) is 11.3. The van der Waals surface area contributed by atoms with E-state index in [-0.39, 0.29) is 23.4 Å². The molecule has 0 saturated carbocycles. The third-order valence-electron chi connectivity index (χ3n) is 6.40. The van der Waals surface area contributed by atoms with Crippen LogP contribution in [-0.4, -0.2) is 45.7 Å². The van der Waals surface area contributed by atoms with Crippen molar-refractivity contribution < 1.29 is 19.4 Å². The summed E-state index contributed by atoms with van der Waals surface area (Å²) in [7, 11) is 1.82. The quantitative estimate of drug-likeness (QED) is 0.519. The Bertz CT molecular complexity index is 1310. The average molecular weight is 465 g/mol. The molecule has 0 bridgehead atoms. The van der Waals surface area contributed by atoms with Crippen LogP contribution in [0.3, 0.4) is 0 Å². The van der Waals surface area contributed by atoms with Crippen molar-refractivity contribution in [3.63, 3.8) is 0 Å². The second-order valence-corrected chi connectivity index (χ2v) is 9.88. The molecule has 0 radical (unpaired) electrons. The number of carboxylic acid groups (broad SMARTS) is 1. The zero-order valence-corrected chi connectivity index (χ0v) is 20.2. The van der Waals surface area contributed by atoms with Gasteiger partial charge in [0.25, 0.3) is 0 Å².